The molecule has 1 saturated heterocycles. The van der Waals surface area contributed by atoms with Gasteiger partial charge in [-0.1, -0.05) is 36.4 Å². The van der Waals surface area contributed by atoms with Gasteiger partial charge < -0.3 is 4.74 Å². The first kappa shape index (κ1) is 22.5. The number of hydrogen-bond acceptors (Lipinski definition) is 4. The molecule has 0 aromatic heterocycles. The Hall–Kier alpha value is -2.23. The molecule has 0 amide bonds. The number of Topliss-reactive ketones (excluding diaryl/α,β-unsaturated/α-hetero) is 1. The number of carbonyl (C=O) groups excluding carboxylic acids is 1. The molecule has 0 unspecified atom stereocenters. The van der Waals surface area contributed by atoms with E-state index in [0.717, 1.165) is 28.1 Å². The van der Waals surface area contributed by atoms with Gasteiger partial charge in [0.1, 0.15) is 6.61 Å². The van der Waals surface area contributed by atoms with Crippen LogP contribution in [0.15, 0.2) is 59.5 Å². The summed E-state index contributed by atoms with van der Waals surface area (Å²) in [6, 6.07) is 13.0. The van der Waals surface area contributed by atoms with Crippen molar-refractivity contribution in [3.63, 3.8) is 0 Å². The largest absolute Gasteiger partial charge is 0.416 e. The molecule has 162 valence electrons. The van der Waals surface area contributed by atoms with Gasteiger partial charge in [0.15, 0.2) is 5.78 Å². The molecular weight excluding hydrogens is 419 g/mol. The van der Waals surface area contributed by atoms with Gasteiger partial charge in [0, 0.05) is 19.5 Å². The molecule has 9 heteroatoms. The molecule has 2 aromatic carbocycles. The standard InChI is InChI=1S/C21H22F3NO4S/c22-21(23,24)17-7-4-8-20(14-17)30(27,28)25-11-9-19(10-12-25)29-15-18(26)13-16-5-2-1-3-6-16/h1-8,14,19H,9-13,15H2. The van der Waals surface area contributed by atoms with Crippen molar-refractivity contribution < 1.29 is 31.1 Å². The van der Waals surface area contributed by atoms with Crippen molar-refractivity contribution in [2.75, 3.05) is 19.7 Å². The summed E-state index contributed by atoms with van der Waals surface area (Å²) in [5, 5.41) is 0. The lowest BCUT2D eigenvalue weighted by Gasteiger charge is -2.31. The molecule has 1 aliphatic rings. The normalized spacial score (nSPS) is 16.5. The van der Waals surface area contributed by atoms with Crippen LogP contribution in [0.25, 0.3) is 0 Å². The Morgan fingerprint density at radius 1 is 1.03 bits per heavy atom. The molecule has 0 radical (unpaired) electrons. The third-order valence-corrected chi connectivity index (χ3v) is 6.82. The van der Waals surface area contributed by atoms with Crippen LogP contribution in [0.5, 0.6) is 0 Å². The lowest BCUT2D eigenvalue weighted by atomic mass is 10.1. The van der Waals surface area contributed by atoms with Crippen LogP contribution in [0.4, 0.5) is 13.2 Å². The Balaban J connectivity index is 1.53. The fourth-order valence-corrected chi connectivity index (χ4v) is 4.82. The van der Waals surface area contributed by atoms with E-state index < -0.39 is 21.8 Å². The molecule has 30 heavy (non-hydrogen) atoms. The van der Waals surface area contributed by atoms with Crippen LogP contribution in [0.2, 0.25) is 0 Å². The van der Waals surface area contributed by atoms with E-state index in [4.69, 9.17) is 4.74 Å². The molecule has 3 rings (SSSR count). The van der Waals surface area contributed by atoms with Gasteiger partial charge in [0.25, 0.3) is 0 Å². The minimum atomic E-state index is -4.61. The first-order valence-corrected chi connectivity index (χ1v) is 10.9. The van der Waals surface area contributed by atoms with Gasteiger partial charge >= 0.3 is 6.18 Å². The minimum Gasteiger partial charge on any atom is -0.370 e. The van der Waals surface area contributed by atoms with Crippen molar-refractivity contribution in [3.05, 3.63) is 65.7 Å². The maximum absolute atomic E-state index is 12.9. The Morgan fingerprint density at radius 3 is 2.33 bits per heavy atom. The zero-order chi connectivity index (χ0) is 21.8. The second kappa shape index (κ2) is 9.28. The summed E-state index contributed by atoms with van der Waals surface area (Å²) in [7, 11) is -4.03. The highest BCUT2D eigenvalue weighted by molar-refractivity contribution is 7.89. The van der Waals surface area contributed by atoms with Crippen molar-refractivity contribution in [2.24, 2.45) is 0 Å². The summed E-state index contributed by atoms with van der Waals surface area (Å²) in [6.07, 6.45) is -3.87. The van der Waals surface area contributed by atoms with Gasteiger partial charge in [0.05, 0.1) is 16.6 Å². The van der Waals surface area contributed by atoms with Crippen LogP contribution >= 0.6 is 0 Å². The molecule has 0 bridgehead atoms. The fraction of sp³-hybridized carbons (Fsp3) is 0.381. The van der Waals surface area contributed by atoms with E-state index in [0.29, 0.717) is 18.9 Å². The Kier molecular flexibility index (Phi) is 6.95. The van der Waals surface area contributed by atoms with Crippen LogP contribution in [-0.4, -0.2) is 44.3 Å². The van der Waals surface area contributed by atoms with Gasteiger partial charge in [-0.3, -0.25) is 4.79 Å². The highest BCUT2D eigenvalue weighted by atomic mass is 32.2. The Morgan fingerprint density at radius 2 is 1.70 bits per heavy atom. The van der Waals surface area contributed by atoms with E-state index in [9.17, 15) is 26.4 Å². The zero-order valence-electron chi connectivity index (χ0n) is 16.1. The van der Waals surface area contributed by atoms with Gasteiger partial charge in [-0.2, -0.15) is 17.5 Å². The third-order valence-electron chi connectivity index (χ3n) is 4.92. The van der Waals surface area contributed by atoms with Gasteiger partial charge in [-0.15, -0.1) is 0 Å². The van der Waals surface area contributed by atoms with E-state index in [2.05, 4.69) is 0 Å². The third kappa shape index (κ3) is 5.68. The molecule has 1 fully saturated rings. The van der Waals surface area contributed by atoms with E-state index >= 15 is 0 Å². The summed E-state index contributed by atoms with van der Waals surface area (Å²) in [6.45, 7) is 0.187. The first-order chi connectivity index (χ1) is 14.2. The lowest BCUT2D eigenvalue weighted by Crippen LogP contribution is -2.41. The second-order valence-electron chi connectivity index (χ2n) is 7.14. The van der Waals surface area contributed by atoms with Crippen molar-refractivity contribution in [2.45, 2.75) is 36.4 Å². The summed E-state index contributed by atoms with van der Waals surface area (Å²) < 4.78 is 70.9. The monoisotopic (exact) mass is 441 g/mol. The molecule has 0 spiro atoms. The molecule has 1 aliphatic heterocycles. The molecule has 5 nitrogen and oxygen atoms in total. The number of nitrogens with zero attached hydrogens (tertiary/aromatic N) is 1. The number of halogens is 3. The second-order valence-corrected chi connectivity index (χ2v) is 9.08. The highest BCUT2D eigenvalue weighted by Gasteiger charge is 2.34. The van der Waals surface area contributed by atoms with Crippen molar-refractivity contribution in [1.82, 2.24) is 4.31 Å². The van der Waals surface area contributed by atoms with E-state index in [-0.39, 0.29) is 42.9 Å². The predicted octanol–water partition coefficient (Wildman–Crippen LogP) is 3.69. The molecule has 0 aliphatic carbocycles. The molecule has 1 heterocycles. The number of benzene rings is 2. The highest BCUT2D eigenvalue weighted by Crippen LogP contribution is 2.31. The van der Waals surface area contributed by atoms with E-state index in [1.165, 1.54) is 0 Å². The summed E-state index contributed by atoms with van der Waals surface area (Å²) in [5.74, 6) is -0.0692. The number of piperidine rings is 1. The number of hydrogen-bond donors (Lipinski definition) is 0. The Labute approximate surface area is 173 Å². The smallest absolute Gasteiger partial charge is 0.370 e. The topological polar surface area (TPSA) is 63.7 Å². The van der Waals surface area contributed by atoms with Crippen LogP contribution in [-0.2, 0) is 32.2 Å². The van der Waals surface area contributed by atoms with Gasteiger partial charge in [-0.25, -0.2) is 8.42 Å². The number of rotatable bonds is 7. The van der Waals surface area contributed by atoms with Crippen molar-refractivity contribution >= 4 is 15.8 Å². The maximum atomic E-state index is 12.9. The number of carbonyl (C=O) groups is 1. The zero-order valence-corrected chi connectivity index (χ0v) is 17.0. The van der Waals surface area contributed by atoms with Crippen molar-refractivity contribution in [3.8, 4) is 0 Å². The first-order valence-electron chi connectivity index (χ1n) is 9.51. The molecule has 2 aromatic rings. The quantitative estimate of drug-likeness (QED) is 0.658. The summed E-state index contributed by atoms with van der Waals surface area (Å²) >= 11 is 0. The average molecular weight is 441 g/mol. The molecule has 0 N–H and O–H groups in total. The van der Waals surface area contributed by atoms with Gasteiger partial charge in [0.2, 0.25) is 10.0 Å². The molecule has 0 saturated carbocycles. The number of sulfonamides is 1. The summed E-state index contributed by atoms with van der Waals surface area (Å²) in [5.41, 5.74) is -0.105. The van der Waals surface area contributed by atoms with Crippen LogP contribution in [0.1, 0.15) is 24.0 Å². The van der Waals surface area contributed by atoms with Crippen molar-refractivity contribution in [1.29, 1.82) is 0 Å². The summed E-state index contributed by atoms with van der Waals surface area (Å²) in [4.78, 5) is 11.7. The maximum Gasteiger partial charge on any atom is 0.416 e. The SMILES string of the molecule is O=C(COC1CCN(S(=O)(=O)c2cccc(C(F)(F)F)c2)CC1)Cc1ccccc1. The number of ether oxygens (including phenoxy) is 1. The average Bonchev–Trinajstić information content (AvgIpc) is 2.73. The molecule has 0 atom stereocenters. The van der Waals surface area contributed by atoms with E-state index in [1.54, 1.807) is 0 Å². The van der Waals surface area contributed by atoms with Crippen LogP contribution < -0.4 is 0 Å². The van der Waals surface area contributed by atoms with Gasteiger partial charge in [-0.05, 0) is 36.6 Å². The van der Waals surface area contributed by atoms with Crippen LogP contribution in [0, 0.1) is 0 Å². The predicted molar refractivity (Wildman–Crippen MR) is 104 cm³/mol. The number of alkyl halides is 3. The van der Waals surface area contributed by atoms with E-state index in [1.807, 2.05) is 30.3 Å². The van der Waals surface area contributed by atoms with Crippen LogP contribution in [0.3, 0.4) is 0 Å². The lowest BCUT2D eigenvalue weighted by molar-refractivity contribution is -0.137. The fourth-order valence-electron chi connectivity index (χ4n) is 3.31. The number of ketones is 1. The Bertz CT molecular complexity index is 969. The minimum absolute atomic E-state index is 0.0556. The molecular formula is C21H22F3NO4S.